The number of thiazole rings is 1. The molecule has 1 unspecified atom stereocenters. The van der Waals surface area contributed by atoms with Crippen molar-refractivity contribution in [1.29, 1.82) is 0 Å². The molecule has 0 bridgehead atoms. The molecule has 0 radical (unpaired) electrons. The highest BCUT2D eigenvalue weighted by molar-refractivity contribution is 7.13. The lowest BCUT2D eigenvalue weighted by atomic mass is 9.97. The van der Waals surface area contributed by atoms with Crippen LogP contribution in [-0.4, -0.2) is 24.6 Å². The second kappa shape index (κ2) is 9.07. The van der Waals surface area contributed by atoms with Gasteiger partial charge in [-0.1, -0.05) is 41.7 Å². The van der Waals surface area contributed by atoms with E-state index in [-0.39, 0.29) is 18.6 Å². The lowest BCUT2D eigenvalue weighted by Gasteiger charge is -2.26. The van der Waals surface area contributed by atoms with Crippen molar-refractivity contribution in [2.24, 2.45) is 0 Å². The summed E-state index contributed by atoms with van der Waals surface area (Å²) in [5.74, 6) is 1.36. The predicted molar refractivity (Wildman–Crippen MR) is 110 cm³/mol. The molecule has 29 heavy (non-hydrogen) atoms. The Labute approximate surface area is 173 Å². The molecule has 0 aliphatic carbocycles. The zero-order chi connectivity index (χ0) is 20.1. The van der Waals surface area contributed by atoms with E-state index in [1.165, 1.54) is 24.0 Å². The molecule has 6 nitrogen and oxygen atoms in total. The van der Waals surface area contributed by atoms with E-state index >= 15 is 0 Å². The third-order valence-electron chi connectivity index (χ3n) is 4.68. The number of rotatable bonds is 7. The molecular formula is C22H22N2O4S. The topological polar surface area (TPSA) is 69.7 Å². The van der Waals surface area contributed by atoms with Crippen LogP contribution in [-0.2, 0) is 22.5 Å². The van der Waals surface area contributed by atoms with Gasteiger partial charge in [0.25, 0.3) is 5.19 Å². The second-order valence-corrected chi connectivity index (χ2v) is 7.78. The third kappa shape index (κ3) is 4.93. The zero-order valence-electron chi connectivity index (χ0n) is 16.1. The quantitative estimate of drug-likeness (QED) is 0.587. The Hall–Kier alpha value is -2.90. The number of benzene rings is 2. The molecule has 0 spiro atoms. The molecule has 2 heterocycles. The smallest absolute Gasteiger partial charge is 0.319 e. The number of methoxy groups -OCH3 is 1. The average molecular weight is 410 g/mol. The molecule has 1 aliphatic rings. The standard InChI is InChI=1S/C22H22N2O4S/c1-26-21(25)14-23-12-18-13-24-22(29-18)27-17-8-10-20-16(11-17)7-9-19(28-20)15-5-3-2-4-6-15/h2-6,8,10-11,13,19,23H,7,9,12,14H2,1H3. The van der Waals surface area contributed by atoms with Crippen molar-refractivity contribution in [2.75, 3.05) is 13.7 Å². The van der Waals surface area contributed by atoms with Gasteiger partial charge in [-0.3, -0.25) is 4.79 Å². The van der Waals surface area contributed by atoms with Crippen molar-refractivity contribution in [1.82, 2.24) is 10.3 Å². The second-order valence-electron chi connectivity index (χ2n) is 6.70. The first-order chi connectivity index (χ1) is 14.2. The van der Waals surface area contributed by atoms with Crippen molar-refractivity contribution in [3.8, 4) is 16.7 Å². The lowest BCUT2D eigenvalue weighted by molar-refractivity contribution is -0.139. The van der Waals surface area contributed by atoms with E-state index in [2.05, 4.69) is 27.2 Å². The van der Waals surface area contributed by atoms with Gasteiger partial charge in [-0.25, -0.2) is 4.98 Å². The molecule has 0 fully saturated rings. The molecular weight excluding hydrogens is 388 g/mol. The minimum Gasteiger partial charge on any atom is -0.485 e. The Bertz CT molecular complexity index is 974. The average Bonchev–Trinajstić information content (AvgIpc) is 3.21. The molecule has 4 rings (SSSR count). The van der Waals surface area contributed by atoms with Crippen molar-refractivity contribution in [3.63, 3.8) is 0 Å². The van der Waals surface area contributed by atoms with E-state index in [4.69, 9.17) is 9.47 Å². The molecule has 7 heteroatoms. The molecule has 0 saturated heterocycles. The molecule has 1 aromatic heterocycles. The number of carbonyl (C=O) groups is 1. The summed E-state index contributed by atoms with van der Waals surface area (Å²) >= 11 is 1.44. The normalized spacial score (nSPS) is 15.3. The van der Waals surface area contributed by atoms with E-state index in [9.17, 15) is 4.79 Å². The number of nitrogens with one attached hydrogen (secondary N) is 1. The first-order valence-electron chi connectivity index (χ1n) is 9.46. The van der Waals surface area contributed by atoms with Crippen molar-refractivity contribution in [2.45, 2.75) is 25.5 Å². The SMILES string of the molecule is COC(=O)CNCc1cnc(Oc2ccc3c(c2)CCC(c2ccccc2)O3)s1. The number of hydrogen-bond acceptors (Lipinski definition) is 7. The number of aromatic nitrogens is 1. The first kappa shape index (κ1) is 19.4. The highest BCUT2D eigenvalue weighted by Gasteiger charge is 2.21. The maximum absolute atomic E-state index is 11.1. The van der Waals surface area contributed by atoms with E-state index in [0.29, 0.717) is 11.7 Å². The Morgan fingerprint density at radius 2 is 2.14 bits per heavy atom. The van der Waals surface area contributed by atoms with Crippen molar-refractivity contribution >= 4 is 17.3 Å². The molecule has 150 valence electrons. The third-order valence-corrected chi connectivity index (χ3v) is 5.56. The molecule has 1 N–H and O–H groups in total. The van der Waals surface area contributed by atoms with E-state index in [1.54, 1.807) is 6.20 Å². The van der Waals surface area contributed by atoms with Crippen molar-refractivity contribution < 1.29 is 19.0 Å². The summed E-state index contributed by atoms with van der Waals surface area (Å²) in [4.78, 5) is 16.4. The van der Waals surface area contributed by atoms with Crippen LogP contribution in [0, 0.1) is 0 Å². The summed E-state index contributed by atoms with van der Waals surface area (Å²) < 4.78 is 16.7. The number of fused-ring (bicyclic) bond motifs is 1. The van der Waals surface area contributed by atoms with Crippen LogP contribution < -0.4 is 14.8 Å². The van der Waals surface area contributed by atoms with Crippen LogP contribution >= 0.6 is 11.3 Å². The van der Waals surface area contributed by atoms with Gasteiger partial charge in [-0.05, 0) is 42.2 Å². The number of hydrogen-bond donors (Lipinski definition) is 1. The monoisotopic (exact) mass is 410 g/mol. The number of ether oxygens (including phenoxy) is 3. The zero-order valence-corrected chi connectivity index (χ0v) is 16.9. The Morgan fingerprint density at radius 1 is 1.28 bits per heavy atom. The van der Waals surface area contributed by atoms with E-state index < -0.39 is 0 Å². The van der Waals surface area contributed by atoms with Crippen LogP contribution in [0.25, 0.3) is 0 Å². The van der Waals surface area contributed by atoms with E-state index in [0.717, 1.165) is 34.8 Å². The van der Waals surface area contributed by atoms with Gasteiger partial charge in [-0.2, -0.15) is 0 Å². The number of esters is 1. The summed E-state index contributed by atoms with van der Waals surface area (Å²) in [6.45, 7) is 0.703. The number of nitrogens with zero attached hydrogens (tertiary/aromatic N) is 1. The predicted octanol–water partition coefficient (Wildman–Crippen LogP) is 4.26. The van der Waals surface area contributed by atoms with Crippen LogP contribution in [0.5, 0.6) is 16.7 Å². The molecule has 1 atom stereocenters. The molecule has 3 aromatic rings. The number of aryl methyl sites for hydroxylation is 1. The molecule has 0 amide bonds. The fraction of sp³-hybridized carbons (Fsp3) is 0.273. The maximum atomic E-state index is 11.1. The van der Waals surface area contributed by atoms with Crippen molar-refractivity contribution in [3.05, 3.63) is 70.7 Å². The summed E-state index contributed by atoms with van der Waals surface area (Å²) in [5.41, 5.74) is 2.35. The molecule has 0 saturated carbocycles. The van der Waals surface area contributed by atoms with Gasteiger partial charge in [0.15, 0.2) is 0 Å². The minimum absolute atomic E-state index is 0.0921. The number of carbonyl (C=O) groups excluding carboxylic acids is 1. The van der Waals surface area contributed by atoms with Gasteiger partial charge in [0.1, 0.15) is 17.6 Å². The fourth-order valence-corrected chi connectivity index (χ4v) is 3.96. The molecule has 2 aromatic carbocycles. The highest BCUT2D eigenvalue weighted by Crippen LogP contribution is 2.37. The summed E-state index contributed by atoms with van der Waals surface area (Å²) in [6.07, 6.45) is 3.71. The van der Waals surface area contributed by atoms with Gasteiger partial charge in [0.2, 0.25) is 0 Å². The Kier molecular flexibility index (Phi) is 6.07. The van der Waals surface area contributed by atoms with Crippen LogP contribution in [0.2, 0.25) is 0 Å². The van der Waals surface area contributed by atoms with Crippen LogP contribution in [0.3, 0.4) is 0 Å². The Balaban J connectivity index is 1.36. The summed E-state index contributed by atoms with van der Waals surface area (Å²) in [7, 11) is 1.37. The van der Waals surface area contributed by atoms with Crippen LogP contribution in [0.4, 0.5) is 0 Å². The van der Waals surface area contributed by atoms with E-state index in [1.807, 2.05) is 36.4 Å². The first-order valence-corrected chi connectivity index (χ1v) is 10.3. The van der Waals surface area contributed by atoms with Gasteiger partial charge in [-0.15, -0.1) is 0 Å². The summed E-state index contributed by atoms with van der Waals surface area (Å²) in [6, 6.07) is 16.2. The maximum Gasteiger partial charge on any atom is 0.319 e. The van der Waals surface area contributed by atoms with Gasteiger partial charge < -0.3 is 19.5 Å². The molecule has 1 aliphatic heterocycles. The Morgan fingerprint density at radius 3 is 2.97 bits per heavy atom. The fourth-order valence-electron chi connectivity index (χ4n) is 3.21. The highest BCUT2D eigenvalue weighted by atomic mass is 32.1. The lowest BCUT2D eigenvalue weighted by Crippen LogP contribution is -2.22. The van der Waals surface area contributed by atoms with Gasteiger partial charge in [0.05, 0.1) is 13.7 Å². The summed E-state index contributed by atoms with van der Waals surface area (Å²) in [5, 5.41) is 3.58. The van der Waals surface area contributed by atoms with Crippen LogP contribution in [0.15, 0.2) is 54.7 Å². The largest absolute Gasteiger partial charge is 0.485 e. The van der Waals surface area contributed by atoms with Gasteiger partial charge >= 0.3 is 5.97 Å². The minimum atomic E-state index is -0.295. The van der Waals surface area contributed by atoms with Crippen LogP contribution in [0.1, 0.15) is 28.5 Å². The van der Waals surface area contributed by atoms with Gasteiger partial charge in [0, 0.05) is 17.6 Å².